The first-order valence-corrected chi connectivity index (χ1v) is 7.26. The Kier molecular flexibility index (Phi) is 6.84. The molecule has 0 bridgehead atoms. The molecule has 0 N–H and O–H groups in total. The van der Waals surface area contributed by atoms with E-state index in [1.807, 2.05) is 24.3 Å². The van der Waals surface area contributed by atoms with Crippen LogP contribution in [0.15, 0.2) is 24.3 Å². The van der Waals surface area contributed by atoms with Crippen molar-refractivity contribution in [1.82, 2.24) is 4.90 Å². The highest BCUT2D eigenvalue weighted by molar-refractivity contribution is 6.30. The van der Waals surface area contributed by atoms with E-state index in [-0.39, 0.29) is 5.41 Å². The van der Waals surface area contributed by atoms with Gasteiger partial charge in [0.05, 0.1) is 6.07 Å². The number of nitriles is 1. The molecule has 1 aromatic rings. The highest BCUT2D eigenvalue weighted by Gasteiger charge is 2.16. The van der Waals surface area contributed by atoms with Gasteiger partial charge in [0.1, 0.15) is 12.4 Å². The molecule has 0 aliphatic heterocycles. The first kappa shape index (κ1) is 16.8. The zero-order chi connectivity index (χ0) is 15.0. The van der Waals surface area contributed by atoms with Gasteiger partial charge in [-0.15, -0.1) is 0 Å². The van der Waals surface area contributed by atoms with Crippen LogP contribution >= 0.6 is 11.6 Å². The molecule has 0 spiro atoms. The number of benzene rings is 1. The van der Waals surface area contributed by atoms with Gasteiger partial charge in [0.25, 0.3) is 0 Å². The van der Waals surface area contributed by atoms with Gasteiger partial charge >= 0.3 is 0 Å². The van der Waals surface area contributed by atoms with Crippen LogP contribution in [-0.4, -0.2) is 31.1 Å². The van der Waals surface area contributed by atoms with Crippen LogP contribution in [0.4, 0.5) is 0 Å². The molecule has 0 aromatic heterocycles. The summed E-state index contributed by atoms with van der Waals surface area (Å²) in [6.45, 7) is 9.78. The lowest BCUT2D eigenvalue weighted by Gasteiger charge is -2.29. The van der Waals surface area contributed by atoms with Crippen molar-refractivity contribution in [2.45, 2.75) is 27.2 Å². The molecular formula is C16H23ClN2O. The average molecular weight is 295 g/mol. The van der Waals surface area contributed by atoms with Crippen LogP contribution in [0, 0.1) is 16.7 Å². The molecule has 0 amide bonds. The molecule has 0 saturated carbocycles. The molecule has 0 aliphatic carbocycles. The number of ether oxygens (including phenoxy) is 1. The summed E-state index contributed by atoms with van der Waals surface area (Å²) in [5, 5.41) is 9.43. The van der Waals surface area contributed by atoms with Crippen molar-refractivity contribution >= 4 is 11.6 Å². The van der Waals surface area contributed by atoms with Gasteiger partial charge in [0, 0.05) is 31.1 Å². The number of hydrogen-bond donors (Lipinski definition) is 0. The van der Waals surface area contributed by atoms with Crippen LogP contribution in [0.2, 0.25) is 5.02 Å². The zero-order valence-electron chi connectivity index (χ0n) is 12.5. The second-order valence-corrected chi connectivity index (χ2v) is 6.48. The van der Waals surface area contributed by atoms with Crippen molar-refractivity contribution in [3.8, 4) is 11.8 Å². The molecule has 1 aromatic carbocycles. The van der Waals surface area contributed by atoms with Crippen molar-refractivity contribution in [2.75, 3.05) is 26.2 Å². The van der Waals surface area contributed by atoms with Gasteiger partial charge in [-0.2, -0.15) is 5.26 Å². The Morgan fingerprint density at radius 2 is 1.85 bits per heavy atom. The van der Waals surface area contributed by atoms with Crippen LogP contribution in [0.25, 0.3) is 0 Å². The van der Waals surface area contributed by atoms with Gasteiger partial charge < -0.3 is 4.74 Å². The van der Waals surface area contributed by atoms with E-state index >= 15 is 0 Å². The van der Waals surface area contributed by atoms with Crippen LogP contribution in [0.3, 0.4) is 0 Å². The van der Waals surface area contributed by atoms with Crippen LogP contribution in [0.5, 0.6) is 5.75 Å². The second-order valence-electron chi connectivity index (χ2n) is 6.05. The highest BCUT2D eigenvalue weighted by atomic mass is 35.5. The number of rotatable bonds is 7. The molecule has 0 heterocycles. The Labute approximate surface area is 127 Å². The molecule has 0 unspecified atom stereocenters. The third-order valence-corrected chi connectivity index (χ3v) is 2.98. The molecule has 0 atom stereocenters. The predicted molar refractivity (Wildman–Crippen MR) is 83.1 cm³/mol. The fourth-order valence-electron chi connectivity index (χ4n) is 1.97. The Hall–Kier alpha value is -1.24. The van der Waals surface area contributed by atoms with Crippen molar-refractivity contribution in [3.63, 3.8) is 0 Å². The van der Waals surface area contributed by atoms with Gasteiger partial charge in [-0.25, -0.2) is 0 Å². The van der Waals surface area contributed by atoms with E-state index in [1.165, 1.54) is 0 Å². The monoisotopic (exact) mass is 294 g/mol. The Morgan fingerprint density at radius 1 is 1.20 bits per heavy atom. The summed E-state index contributed by atoms with van der Waals surface area (Å²) >= 11 is 5.83. The average Bonchev–Trinajstić information content (AvgIpc) is 2.36. The standard InChI is InChI=1S/C16H23ClN2O/c1-16(2,3)13-19(10-4-9-18)11-12-20-15-7-5-14(17)6-8-15/h5-8H,4,10-13H2,1-3H3. The smallest absolute Gasteiger partial charge is 0.119 e. The third kappa shape index (κ3) is 7.37. The first-order valence-electron chi connectivity index (χ1n) is 6.88. The molecule has 110 valence electrons. The Bertz CT molecular complexity index is 431. The largest absolute Gasteiger partial charge is 0.492 e. The second kappa shape index (κ2) is 8.14. The highest BCUT2D eigenvalue weighted by Crippen LogP contribution is 2.17. The van der Waals surface area contributed by atoms with E-state index in [9.17, 15) is 0 Å². The quantitative estimate of drug-likeness (QED) is 0.763. The maximum absolute atomic E-state index is 8.72. The van der Waals surface area contributed by atoms with E-state index in [4.69, 9.17) is 21.6 Å². The summed E-state index contributed by atoms with van der Waals surface area (Å²) in [4.78, 5) is 2.28. The number of halogens is 1. The zero-order valence-corrected chi connectivity index (χ0v) is 13.3. The van der Waals surface area contributed by atoms with Crippen molar-refractivity contribution in [3.05, 3.63) is 29.3 Å². The Morgan fingerprint density at radius 3 is 2.40 bits per heavy atom. The third-order valence-electron chi connectivity index (χ3n) is 2.73. The minimum atomic E-state index is 0.218. The summed E-state index contributed by atoms with van der Waals surface area (Å²) < 4.78 is 5.70. The van der Waals surface area contributed by atoms with Crippen molar-refractivity contribution < 1.29 is 4.74 Å². The molecule has 0 fully saturated rings. The molecule has 20 heavy (non-hydrogen) atoms. The normalized spacial score (nSPS) is 11.4. The lowest BCUT2D eigenvalue weighted by molar-refractivity contribution is 0.162. The van der Waals surface area contributed by atoms with E-state index in [0.717, 1.165) is 25.4 Å². The number of nitrogens with zero attached hydrogens (tertiary/aromatic N) is 2. The van der Waals surface area contributed by atoms with Gasteiger partial charge in [-0.05, 0) is 29.7 Å². The summed E-state index contributed by atoms with van der Waals surface area (Å²) in [5.74, 6) is 0.824. The molecule has 4 heteroatoms. The fraction of sp³-hybridized carbons (Fsp3) is 0.562. The van der Waals surface area contributed by atoms with Gasteiger partial charge in [-0.1, -0.05) is 32.4 Å². The molecular weight excluding hydrogens is 272 g/mol. The van der Waals surface area contributed by atoms with Crippen LogP contribution < -0.4 is 4.74 Å². The van der Waals surface area contributed by atoms with Crippen LogP contribution in [-0.2, 0) is 0 Å². The van der Waals surface area contributed by atoms with E-state index < -0.39 is 0 Å². The minimum Gasteiger partial charge on any atom is -0.492 e. The lowest BCUT2D eigenvalue weighted by atomic mass is 9.96. The summed E-state index contributed by atoms with van der Waals surface area (Å²) in [6.07, 6.45) is 0.553. The molecule has 1 rings (SSSR count). The van der Waals surface area contributed by atoms with Gasteiger partial charge in [-0.3, -0.25) is 4.90 Å². The van der Waals surface area contributed by atoms with E-state index in [0.29, 0.717) is 18.1 Å². The maximum Gasteiger partial charge on any atom is 0.119 e. The topological polar surface area (TPSA) is 36.3 Å². The molecule has 0 saturated heterocycles. The first-order chi connectivity index (χ1) is 9.40. The molecule has 0 radical (unpaired) electrons. The summed E-state index contributed by atoms with van der Waals surface area (Å²) in [7, 11) is 0. The summed E-state index contributed by atoms with van der Waals surface area (Å²) in [6, 6.07) is 9.57. The maximum atomic E-state index is 8.72. The lowest BCUT2D eigenvalue weighted by Crippen LogP contribution is -2.36. The summed E-state index contributed by atoms with van der Waals surface area (Å²) in [5.41, 5.74) is 0.218. The Balaban J connectivity index is 2.41. The van der Waals surface area contributed by atoms with Crippen molar-refractivity contribution in [1.29, 1.82) is 5.26 Å². The van der Waals surface area contributed by atoms with Crippen LogP contribution in [0.1, 0.15) is 27.2 Å². The SMILES string of the molecule is CC(C)(C)CN(CCC#N)CCOc1ccc(Cl)cc1. The van der Waals surface area contributed by atoms with E-state index in [1.54, 1.807) is 0 Å². The molecule has 0 aliphatic rings. The fourth-order valence-corrected chi connectivity index (χ4v) is 2.10. The van der Waals surface area contributed by atoms with Crippen molar-refractivity contribution in [2.24, 2.45) is 5.41 Å². The van der Waals surface area contributed by atoms with Gasteiger partial charge in [0.15, 0.2) is 0 Å². The minimum absolute atomic E-state index is 0.218. The van der Waals surface area contributed by atoms with E-state index in [2.05, 4.69) is 31.7 Å². The number of hydrogen-bond acceptors (Lipinski definition) is 3. The van der Waals surface area contributed by atoms with Gasteiger partial charge in [0.2, 0.25) is 0 Å². The molecule has 3 nitrogen and oxygen atoms in total. The predicted octanol–water partition coefficient (Wildman–Crippen LogP) is 3.98.